The Morgan fingerprint density at radius 1 is 0.947 bits per heavy atom. The van der Waals surface area contributed by atoms with Crippen molar-refractivity contribution in [1.82, 2.24) is 20.0 Å². The van der Waals surface area contributed by atoms with Crippen molar-refractivity contribution in [2.75, 3.05) is 45.8 Å². The molecule has 1 heterocycles. The van der Waals surface area contributed by atoms with Gasteiger partial charge in [0.25, 0.3) is 0 Å². The number of allylic oxidation sites excluding steroid dienone is 1. The molecule has 2 fully saturated rings. The maximum Gasteiger partial charge on any atom is 0.317 e. The van der Waals surface area contributed by atoms with Gasteiger partial charge in [-0.25, -0.2) is 4.79 Å². The van der Waals surface area contributed by atoms with Crippen molar-refractivity contribution in [2.24, 2.45) is 17.3 Å². The van der Waals surface area contributed by atoms with Crippen LogP contribution in [0.3, 0.4) is 0 Å². The third kappa shape index (κ3) is 6.12. The molecule has 2 bridgehead atoms. The first-order valence-corrected chi connectivity index (χ1v) is 14.2. The summed E-state index contributed by atoms with van der Waals surface area (Å²) in [5.41, 5.74) is 3.99. The summed E-state index contributed by atoms with van der Waals surface area (Å²) in [7, 11) is 0. The largest absolute Gasteiger partial charge is 0.337 e. The van der Waals surface area contributed by atoms with E-state index in [4.69, 9.17) is 0 Å². The molecule has 6 heteroatoms. The van der Waals surface area contributed by atoms with Crippen molar-refractivity contribution in [1.29, 1.82) is 0 Å². The van der Waals surface area contributed by atoms with Crippen molar-refractivity contribution < 1.29 is 9.59 Å². The van der Waals surface area contributed by atoms with Crippen LogP contribution < -0.4 is 5.32 Å². The Kier molecular flexibility index (Phi) is 8.18. The number of nitrogens with zero attached hydrogens (tertiary/aromatic N) is 3. The highest BCUT2D eigenvalue weighted by Crippen LogP contribution is 2.59. The van der Waals surface area contributed by atoms with Crippen LogP contribution in [-0.4, -0.2) is 72.5 Å². The molecule has 0 spiro atoms. The second-order valence-electron chi connectivity index (χ2n) is 11.8. The first-order valence-electron chi connectivity index (χ1n) is 14.2. The molecule has 6 nitrogen and oxygen atoms in total. The van der Waals surface area contributed by atoms with Crippen LogP contribution in [-0.2, 0) is 17.8 Å². The highest BCUT2D eigenvalue weighted by Gasteiger charge is 2.51. The van der Waals surface area contributed by atoms with Crippen molar-refractivity contribution in [3.8, 4) is 0 Å². The highest BCUT2D eigenvalue weighted by molar-refractivity contribution is 5.79. The van der Waals surface area contributed by atoms with E-state index < -0.39 is 0 Å². The van der Waals surface area contributed by atoms with Crippen LogP contribution >= 0.6 is 0 Å². The number of fused-ring (bicyclic) bond motifs is 1. The van der Waals surface area contributed by atoms with Crippen LogP contribution in [0.15, 0.2) is 72.3 Å². The minimum Gasteiger partial charge on any atom is -0.337 e. The highest BCUT2D eigenvalue weighted by atomic mass is 16.2. The normalized spacial score (nSPS) is 22.3. The van der Waals surface area contributed by atoms with Gasteiger partial charge in [-0.3, -0.25) is 9.69 Å². The predicted octanol–water partition coefficient (Wildman–Crippen LogP) is 4.58. The summed E-state index contributed by atoms with van der Waals surface area (Å²) in [6, 6.07) is 20.1. The van der Waals surface area contributed by atoms with E-state index in [9.17, 15) is 9.59 Å². The Balaban J connectivity index is 1.14. The number of carbonyl (C=O) groups is 2. The van der Waals surface area contributed by atoms with E-state index >= 15 is 0 Å². The van der Waals surface area contributed by atoms with Gasteiger partial charge in [-0.15, -0.1) is 0 Å². The van der Waals surface area contributed by atoms with Crippen LogP contribution in [0, 0.1) is 17.3 Å². The zero-order valence-electron chi connectivity index (χ0n) is 22.9. The standard InChI is InChI=1S/C32H42N4O2/c1-32(2)28-14-13-27(29(32)22-28)24-36(30(37)21-25-9-5-3-6-10-25)20-17-34-15-18-35(19-16-34)31(38)33-23-26-11-7-4-8-12-26/h3-13,28-29H,14-24H2,1-2H3,(H,33,38). The quantitative estimate of drug-likeness (QED) is 0.499. The zero-order valence-corrected chi connectivity index (χ0v) is 22.9. The number of benzene rings is 2. The first-order chi connectivity index (χ1) is 18.4. The molecule has 4 aliphatic rings. The lowest BCUT2D eigenvalue weighted by atomic mass is 9.49. The van der Waals surface area contributed by atoms with E-state index in [-0.39, 0.29) is 11.9 Å². The van der Waals surface area contributed by atoms with Gasteiger partial charge in [-0.1, -0.05) is 86.2 Å². The average molecular weight is 515 g/mol. The first kappa shape index (κ1) is 26.5. The Hall–Kier alpha value is -3.12. The SMILES string of the molecule is CC1(C)C2CC=C(CN(CCN3CCN(C(=O)NCc4ccccc4)CC3)C(=O)Cc3ccccc3)C1C2. The molecule has 6 rings (SSSR count). The van der Waals surface area contributed by atoms with E-state index in [1.54, 1.807) is 0 Å². The fourth-order valence-corrected chi connectivity index (χ4v) is 6.37. The van der Waals surface area contributed by atoms with E-state index in [0.717, 1.165) is 56.2 Å². The molecule has 3 amide bonds. The van der Waals surface area contributed by atoms with Crippen LogP contribution in [0.2, 0.25) is 0 Å². The molecule has 1 aliphatic heterocycles. The van der Waals surface area contributed by atoms with Gasteiger partial charge in [0, 0.05) is 52.4 Å². The van der Waals surface area contributed by atoms with Gasteiger partial charge in [0.2, 0.25) is 5.91 Å². The van der Waals surface area contributed by atoms with Crippen LogP contribution in [0.4, 0.5) is 4.79 Å². The molecule has 1 saturated heterocycles. The summed E-state index contributed by atoms with van der Waals surface area (Å²) in [6.45, 7) is 10.7. The molecule has 2 unspecified atom stereocenters. The van der Waals surface area contributed by atoms with Gasteiger partial charge in [0.05, 0.1) is 6.42 Å². The van der Waals surface area contributed by atoms with Crippen LogP contribution in [0.25, 0.3) is 0 Å². The van der Waals surface area contributed by atoms with Gasteiger partial charge in [0.15, 0.2) is 0 Å². The minimum atomic E-state index is -0.00109. The molecule has 1 N–H and O–H groups in total. The fourth-order valence-electron chi connectivity index (χ4n) is 6.37. The Labute approximate surface area is 227 Å². The summed E-state index contributed by atoms with van der Waals surface area (Å²) in [6.07, 6.45) is 5.28. The third-order valence-corrected chi connectivity index (χ3v) is 9.14. The van der Waals surface area contributed by atoms with E-state index in [2.05, 4.69) is 35.0 Å². The van der Waals surface area contributed by atoms with E-state index in [1.165, 1.54) is 12.0 Å². The van der Waals surface area contributed by atoms with Gasteiger partial charge >= 0.3 is 6.03 Å². The number of rotatable bonds is 9. The average Bonchev–Trinajstić information content (AvgIpc) is 2.95. The summed E-state index contributed by atoms with van der Waals surface area (Å²) >= 11 is 0. The smallest absolute Gasteiger partial charge is 0.317 e. The molecular weight excluding hydrogens is 472 g/mol. The number of carbonyl (C=O) groups excluding carboxylic acids is 2. The van der Waals surface area contributed by atoms with Crippen LogP contribution in [0.5, 0.6) is 0 Å². The summed E-state index contributed by atoms with van der Waals surface area (Å²) in [5, 5.41) is 3.04. The zero-order chi connectivity index (χ0) is 26.5. The van der Waals surface area contributed by atoms with Crippen molar-refractivity contribution in [3.63, 3.8) is 0 Å². The molecular formula is C32H42N4O2. The Bertz CT molecular complexity index is 1120. The fraction of sp³-hybridized carbons (Fsp3) is 0.500. The molecule has 0 radical (unpaired) electrons. The van der Waals surface area contributed by atoms with Crippen molar-refractivity contribution in [2.45, 2.75) is 39.7 Å². The Morgan fingerprint density at radius 3 is 2.24 bits per heavy atom. The summed E-state index contributed by atoms with van der Waals surface area (Å²) < 4.78 is 0. The number of nitrogens with one attached hydrogen (secondary N) is 1. The van der Waals surface area contributed by atoms with Crippen LogP contribution in [0.1, 0.15) is 37.8 Å². The molecule has 1 saturated carbocycles. The molecule has 3 aliphatic carbocycles. The topological polar surface area (TPSA) is 55.9 Å². The van der Waals surface area contributed by atoms with Gasteiger partial charge in [0.1, 0.15) is 0 Å². The number of piperazine rings is 1. The maximum atomic E-state index is 13.5. The van der Waals surface area contributed by atoms with Crippen molar-refractivity contribution >= 4 is 11.9 Å². The van der Waals surface area contributed by atoms with Gasteiger partial charge in [-0.2, -0.15) is 0 Å². The summed E-state index contributed by atoms with van der Waals surface area (Å²) in [5.74, 6) is 1.60. The number of amides is 3. The second kappa shape index (κ2) is 11.7. The molecule has 38 heavy (non-hydrogen) atoms. The molecule has 2 atom stereocenters. The number of hydrogen-bond acceptors (Lipinski definition) is 3. The third-order valence-electron chi connectivity index (χ3n) is 9.14. The molecule has 202 valence electrons. The summed E-state index contributed by atoms with van der Waals surface area (Å²) in [4.78, 5) is 32.5. The maximum absolute atomic E-state index is 13.5. The lowest BCUT2D eigenvalue weighted by Crippen LogP contribution is -2.53. The monoisotopic (exact) mass is 514 g/mol. The molecule has 2 aromatic rings. The lowest BCUT2D eigenvalue weighted by molar-refractivity contribution is -0.130. The molecule has 2 aromatic carbocycles. The second-order valence-corrected chi connectivity index (χ2v) is 11.8. The van der Waals surface area contributed by atoms with Crippen molar-refractivity contribution in [3.05, 3.63) is 83.4 Å². The molecule has 0 aromatic heterocycles. The predicted molar refractivity (Wildman–Crippen MR) is 151 cm³/mol. The van der Waals surface area contributed by atoms with E-state index in [1.807, 2.05) is 65.6 Å². The van der Waals surface area contributed by atoms with E-state index in [0.29, 0.717) is 37.4 Å². The minimum absolute atomic E-state index is 0.00109. The van der Waals surface area contributed by atoms with Gasteiger partial charge in [-0.05, 0) is 41.2 Å². The number of hydrogen-bond donors (Lipinski definition) is 1. The number of urea groups is 1. The lowest BCUT2D eigenvalue weighted by Gasteiger charge is -2.57. The Morgan fingerprint density at radius 2 is 1.61 bits per heavy atom. The van der Waals surface area contributed by atoms with Gasteiger partial charge < -0.3 is 15.1 Å².